The summed E-state index contributed by atoms with van der Waals surface area (Å²) in [5.41, 5.74) is 6.65. The lowest BCUT2D eigenvalue weighted by atomic mass is 10.1. The van der Waals surface area contributed by atoms with Gasteiger partial charge in [0, 0.05) is 26.3 Å². The maximum absolute atomic E-state index is 13.4. The van der Waals surface area contributed by atoms with Crippen LogP contribution in [0.15, 0.2) is 95.9 Å². The molecule has 0 saturated carbocycles. The van der Waals surface area contributed by atoms with Gasteiger partial charge in [-0.1, -0.05) is 46.3 Å². The predicted molar refractivity (Wildman–Crippen MR) is 126 cm³/mol. The normalized spacial score (nSPS) is 11.7. The van der Waals surface area contributed by atoms with E-state index in [0.29, 0.717) is 6.54 Å². The van der Waals surface area contributed by atoms with E-state index in [-0.39, 0.29) is 5.82 Å². The summed E-state index contributed by atoms with van der Waals surface area (Å²) in [4.78, 5) is 3.63. The molecule has 31 heavy (non-hydrogen) atoms. The van der Waals surface area contributed by atoms with Gasteiger partial charge >= 0.3 is 0 Å². The van der Waals surface area contributed by atoms with E-state index in [2.05, 4.69) is 97.0 Å². The van der Waals surface area contributed by atoms with Crippen LogP contribution >= 0.6 is 15.9 Å². The first kappa shape index (κ1) is 18.3. The summed E-state index contributed by atoms with van der Waals surface area (Å²) >= 11 is 3.55. The van der Waals surface area contributed by atoms with Crippen molar-refractivity contribution in [3.05, 3.63) is 107 Å². The highest BCUT2D eigenvalue weighted by Crippen LogP contribution is 2.33. The third kappa shape index (κ3) is 3.04. The molecule has 5 heteroatoms. The Morgan fingerprint density at radius 3 is 2.45 bits per heavy atom. The van der Waals surface area contributed by atoms with Crippen LogP contribution in [0.2, 0.25) is 0 Å². The molecule has 0 fully saturated rings. The lowest BCUT2D eigenvalue weighted by Gasteiger charge is -2.04. The second kappa shape index (κ2) is 7.06. The average Bonchev–Trinajstić information content (AvgIpc) is 3.34. The first-order valence-corrected chi connectivity index (χ1v) is 10.9. The van der Waals surface area contributed by atoms with Crippen molar-refractivity contribution in [2.75, 3.05) is 0 Å². The van der Waals surface area contributed by atoms with E-state index in [4.69, 9.17) is 0 Å². The molecule has 6 rings (SSSR count). The summed E-state index contributed by atoms with van der Waals surface area (Å²) in [6.45, 7) is 0.648. The van der Waals surface area contributed by atoms with Crippen molar-refractivity contribution in [3.63, 3.8) is 0 Å². The molecule has 1 N–H and O–H groups in total. The van der Waals surface area contributed by atoms with Gasteiger partial charge in [-0.05, 0) is 54.1 Å². The van der Waals surface area contributed by atoms with Gasteiger partial charge in [0.15, 0.2) is 5.69 Å². The minimum absolute atomic E-state index is 0.219. The van der Waals surface area contributed by atoms with Gasteiger partial charge in [0.1, 0.15) is 12.4 Å². The van der Waals surface area contributed by atoms with Gasteiger partial charge in [0.2, 0.25) is 11.8 Å². The molecular weight excluding hydrogens is 453 g/mol. The van der Waals surface area contributed by atoms with Gasteiger partial charge in [0.05, 0.1) is 11.7 Å². The van der Waals surface area contributed by atoms with Crippen LogP contribution in [0.4, 0.5) is 4.39 Å². The van der Waals surface area contributed by atoms with Crippen LogP contribution in [0.25, 0.3) is 38.6 Å². The predicted octanol–water partition coefficient (Wildman–Crippen LogP) is 6.48. The molecule has 0 spiro atoms. The van der Waals surface area contributed by atoms with Gasteiger partial charge < -0.3 is 4.98 Å². The Bertz CT molecular complexity index is 1560. The van der Waals surface area contributed by atoms with E-state index in [1.807, 2.05) is 12.1 Å². The number of imidazole rings is 1. The van der Waals surface area contributed by atoms with Crippen molar-refractivity contribution < 1.29 is 8.96 Å². The molecule has 0 aliphatic carbocycles. The van der Waals surface area contributed by atoms with Crippen molar-refractivity contribution in [2.24, 2.45) is 0 Å². The summed E-state index contributed by atoms with van der Waals surface area (Å²) < 4.78 is 18.9. The van der Waals surface area contributed by atoms with E-state index in [9.17, 15) is 4.39 Å². The van der Waals surface area contributed by atoms with Gasteiger partial charge in [-0.3, -0.25) is 0 Å². The van der Waals surface area contributed by atoms with Crippen LogP contribution in [-0.2, 0) is 6.54 Å². The fraction of sp³-hybridized carbons (Fsp3) is 0.0385. The Morgan fingerprint density at radius 1 is 0.871 bits per heavy atom. The number of fused-ring (bicyclic) bond motifs is 5. The van der Waals surface area contributed by atoms with Crippen molar-refractivity contribution in [1.82, 2.24) is 9.38 Å². The van der Waals surface area contributed by atoms with Gasteiger partial charge in [-0.25, -0.2) is 8.96 Å². The topological polar surface area (TPSA) is 24.1 Å². The Morgan fingerprint density at radius 2 is 1.65 bits per heavy atom. The maximum atomic E-state index is 13.4. The van der Waals surface area contributed by atoms with Crippen LogP contribution in [-0.4, -0.2) is 9.38 Å². The van der Waals surface area contributed by atoms with Crippen LogP contribution in [0.1, 0.15) is 5.56 Å². The van der Waals surface area contributed by atoms with Crippen LogP contribution in [0.5, 0.6) is 0 Å². The lowest BCUT2D eigenvalue weighted by Crippen LogP contribution is -2.34. The van der Waals surface area contributed by atoms with Gasteiger partial charge in [-0.2, -0.15) is 4.40 Å². The van der Waals surface area contributed by atoms with E-state index in [1.165, 1.54) is 22.9 Å². The molecule has 3 heterocycles. The highest BCUT2D eigenvalue weighted by Gasteiger charge is 2.24. The number of hydrogen-bond acceptors (Lipinski definition) is 0. The van der Waals surface area contributed by atoms with Crippen molar-refractivity contribution >= 4 is 43.3 Å². The maximum Gasteiger partial charge on any atom is 0.249 e. The third-order valence-corrected chi connectivity index (χ3v) is 6.33. The average molecular weight is 471 g/mol. The van der Waals surface area contributed by atoms with Gasteiger partial charge in [0.25, 0.3) is 0 Å². The van der Waals surface area contributed by atoms with Crippen LogP contribution < -0.4 is 4.57 Å². The molecule has 0 radical (unpaired) electrons. The second-order valence-electron chi connectivity index (χ2n) is 7.76. The number of pyridine rings is 1. The minimum Gasteiger partial charge on any atom is -0.351 e. The Labute approximate surface area is 186 Å². The highest BCUT2D eigenvalue weighted by atomic mass is 79.9. The number of rotatable bonds is 3. The quantitative estimate of drug-likeness (QED) is 0.286. The Kier molecular flexibility index (Phi) is 4.18. The molecule has 0 amide bonds. The number of halogens is 2. The molecule has 150 valence electrons. The molecule has 3 aromatic carbocycles. The number of benzene rings is 3. The molecule has 0 bridgehead atoms. The summed E-state index contributed by atoms with van der Waals surface area (Å²) in [5, 5.41) is 2.42. The van der Waals surface area contributed by atoms with E-state index >= 15 is 0 Å². The number of nitrogens with zero attached hydrogens (tertiary/aromatic N) is 2. The largest absolute Gasteiger partial charge is 0.351 e. The zero-order chi connectivity index (χ0) is 20.9. The number of aromatic nitrogens is 3. The number of H-pyrrole nitrogens is 1. The fourth-order valence-corrected chi connectivity index (χ4v) is 4.64. The summed E-state index contributed by atoms with van der Waals surface area (Å²) in [6.07, 6.45) is 4.22. The fourth-order valence-electron chi connectivity index (χ4n) is 4.38. The van der Waals surface area contributed by atoms with Crippen molar-refractivity contribution in [2.45, 2.75) is 6.54 Å². The van der Waals surface area contributed by atoms with E-state index in [0.717, 1.165) is 37.8 Å². The summed E-state index contributed by atoms with van der Waals surface area (Å²) in [5.74, 6) is -0.219. The monoisotopic (exact) mass is 470 g/mol. The first-order valence-electron chi connectivity index (χ1n) is 10.1. The summed E-state index contributed by atoms with van der Waals surface area (Å²) in [6, 6.07) is 25.6. The highest BCUT2D eigenvalue weighted by molar-refractivity contribution is 9.10. The number of aromatic amines is 1. The Balaban J connectivity index is 1.67. The SMILES string of the molecule is Fc1ccc(C[n+]2cn3ccc4c5ccccc5[nH]c4c3c2-c2ccc(Br)cc2)cc1. The van der Waals surface area contributed by atoms with Crippen molar-refractivity contribution in [1.29, 1.82) is 0 Å². The molecule has 3 aromatic heterocycles. The second-order valence-corrected chi connectivity index (χ2v) is 8.67. The molecule has 3 nitrogen and oxygen atoms in total. The molecule has 0 aliphatic heterocycles. The van der Waals surface area contributed by atoms with Crippen molar-refractivity contribution in [3.8, 4) is 11.3 Å². The zero-order valence-corrected chi connectivity index (χ0v) is 18.1. The molecule has 0 aliphatic rings. The third-order valence-electron chi connectivity index (χ3n) is 5.80. The van der Waals surface area contributed by atoms with Crippen LogP contribution in [0, 0.1) is 5.82 Å². The van der Waals surface area contributed by atoms with E-state index < -0.39 is 0 Å². The number of nitrogens with one attached hydrogen (secondary N) is 1. The number of hydrogen-bond donors (Lipinski definition) is 1. The molecule has 6 aromatic rings. The molecular formula is C26H18BrFN3+. The van der Waals surface area contributed by atoms with Gasteiger partial charge in [-0.15, -0.1) is 0 Å². The zero-order valence-electron chi connectivity index (χ0n) is 16.5. The molecule has 0 unspecified atom stereocenters. The lowest BCUT2D eigenvalue weighted by molar-refractivity contribution is -0.676. The first-order chi connectivity index (χ1) is 15.2. The van der Waals surface area contributed by atoms with Crippen LogP contribution in [0.3, 0.4) is 0 Å². The number of para-hydroxylation sites is 1. The molecule has 0 atom stereocenters. The summed E-state index contributed by atoms with van der Waals surface area (Å²) in [7, 11) is 0. The molecule has 0 saturated heterocycles. The minimum atomic E-state index is -0.219. The standard InChI is InChI=1S/C26H18BrFN3/c27-19-9-7-18(8-10-19)25-26-24-22(21-3-1-2-4-23(21)29-24)13-14-30(26)16-31(25)15-17-5-11-20(28)12-6-17/h1-14,16,29H,15H2/q+1. The smallest absolute Gasteiger partial charge is 0.249 e. The Hall–Kier alpha value is -3.44. The van der Waals surface area contributed by atoms with E-state index in [1.54, 1.807) is 0 Å².